The molecule has 0 fully saturated rings. The molecular formula is C21H42B2N4O10. The number of ether oxygens (including phenoxy) is 6. The third kappa shape index (κ3) is 29.6. The van der Waals surface area contributed by atoms with Crippen molar-refractivity contribution in [3.05, 3.63) is 0 Å². The summed E-state index contributed by atoms with van der Waals surface area (Å²) < 4.78 is 31.3. The molecule has 16 heteroatoms. The highest BCUT2D eigenvalue weighted by molar-refractivity contribution is 6.57. The first-order valence-electron chi connectivity index (χ1n) is 12.5. The molecule has 0 rings (SSSR count). The first-order valence-corrected chi connectivity index (χ1v) is 12.5. The van der Waals surface area contributed by atoms with E-state index in [1.54, 1.807) is 0 Å². The molecule has 0 saturated heterocycles. The monoisotopic (exact) mass is 532 g/mol. The van der Waals surface area contributed by atoms with Gasteiger partial charge in [-0.05, 0) is 19.3 Å². The van der Waals surface area contributed by atoms with Crippen LogP contribution in [0.2, 0.25) is 0 Å². The Balaban J connectivity index is 3.29. The molecule has 0 bridgehead atoms. The van der Waals surface area contributed by atoms with Gasteiger partial charge in [0.15, 0.2) is 11.6 Å². The summed E-state index contributed by atoms with van der Waals surface area (Å²) in [5, 5.41) is 10.4. The Morgan fingerprint density at radius 1 is 0.432 bits per heavy atom. The predicted octanol–water partition coefficient (Wildman–Crippen LogP) is -1.64. The maximum Gasteiger partial charge on any atom is 0.407 e. The van der Waals surface area contributed by atoms with Crippen LogP contribution < -0.4 is 21.3 Å². The topological polar surface area (TPSA) is 172 Å². The van der Waals surface area contributed by atoms with E-state index in [9.17, 15) is 19.2 Å². The molecule has 37 heavy (non-hydrogen) atoms. The fourth-order valence-corrected chi connectivity index (χ4v) is 2.51. The molecule has 0 heterocycles. The summed E-state index contributed by atoms with van der Waals surface area (Å²) in [6.07, 6.45) is 1.04. The fraction of sp³-hybridized carbons (Fsp3) is 0.810. The Morgan fingerprint density at radius 3 is 1.08 bits per heavy atom. The molecule has 0 aliphatic carbocycles. The van der Waals surface area contributed by atoms with Crippen molar-refractivity contribution in [3.63, 3.8) is 0 Å². The van der Waals surface area contributed by atoms with Gasteiger partial charge in [-0.3, -0.25) is 9.59 Å². The van der Waals surface area contributed by atoms with Gasteiger partial charge in [0.2, 0.25) is 15.7 Å². The molecule has 0 aliphatic heterocycles. The third-order valence-corrected chi connectivity index (χ3v) is 4.27. The van der Waals surface area contributed by atoms with E-state index in [2.05, 4.69) is 21.3 Å². The van der Waals surface area contributed by atoms with Crippen LogP contribution in [0.4, 0.5) is 19.2 Å². The number of carbonyl (C=O) groups is 4. The lowest BCUT2D eigenvalue weighted by molar-refractivity contribution is 0.0499. The molecule has 4 N–H and O–H groups in total. The van der Waals surface area contributed by atoms with Crippen LogP contribution in [0, 0.1) is 0 Å². The molecule has 4 amide bonds. The zero-order chi connectivity index (χ0) is 27.4. The van der Waals surface area contributed by atoms with Gasteiger partial charge >= 0.3 is 12.2 Å². The van der Waals surface area contributed by atoms with Gasteiger partial charge in [-0.15, -0.1) is 0 Å². The molecular weight excluding hydrogens is 490 g/mol. The standard InChI is InChI=1S/C21H42B2N4O10/c22-18(28)24-4-10-32-14-16-34-12-6-26-20(30)36-8-2-1-3-9-37-21(31)27-7-13-35-17-15-33-11-5-25-19(23)29/h1-17,22-23H2,(H,24,28)(H,25,29)(H,26,30)(H,27,31). The van der Waals surface area contributed by atoms with Crippen molar-refractivity contribution in [2.24, 2.45) is 0 Å². The highest BCUT2D eigenvalue weighted by Crippen LogP contribution is 1.97. The van der Waals surface area contributed by atoms with Crippen LogP contribution >= 0.6 is 0 Å². The first kappa shape index (κ1) is 34.4. The van der Waals surface area contributed by atoms with Crippen molar-refractivity contribution >= 4 is 39.5 Å². The Morgan fingerprint density at radius 2 is 0.757 bits per heavy atom. The number of hydrogen-bond acceptors (Lipinski definition) is 10. The summed E-state index contributed by atoms with van der Waals surface area (Å²) in [6.45, 7) is 5.24. The lowest BCUT2D eigenvalue weighted by Crippen LogP contribution is -2.29. The van der Waals surface area contributed by atoms with Crippen LogP contribution in [-0.2, 0) is 28.4 Å². The summed E-state index contributed by atoms with van der Waals surface area (Å²) in [5.41, 5.74) is 0. The Hall–Kier alpha value is -2.55. The normalized spacial score (nSPS) is 10.4. The van der Waals surface area contributed by atoms with Crippen LogP contribution in [0.5, 0.6) is 0 Å². The van der Waals surface area contributed by atoms with Crippen LogP contribution in [0.15, 0.2) is 0 Å². The van der Waals surface area contributed by atoms with Gasteiger partial charge in [-0.25, -0.2) is 9.59 Å². The van der Waals surface area contributed by atoms with Crippen molar-refractivity contribution in [1.82, 2.24) is 21.3 Å². The average Bonchev–Trinajstić information content (AvgIpc) is 2.85. The van der Waals surface area contributed by atoms with E-state index in [1.807, 2.05) is 0 Å². The second-order valence-corrected chi connectivity index (χ2v) is 7.60. The Bertz CT molecular complexity index is 570. The van der Waals surface area contributed by atoms with E-state index >= 15 is 0 Å². The minimum absolute atomic E-state index is 0.0952. The van der Waals surface area contributed by atoms with Gasteiger partial charge in [0.05, 0.1) is 66.1 Å². The van der Waals surface area contributed by atoms with E-state index in [-0.39, 0.29) is 24.8 Å². The second-order valence-electron chi connectivity index (χ2n) is 7.60. The number of amides is 4. The first-order chi connectivity index (χ1) is 17.9. The van der Waals surface area contributed by atoms with E-state index in [1.165, 1.54) is 15.7 Å². The smallest absolute Gasteiger partial charge is 0.407 e. The molecule has 0 unspecified atom stereocenters. The van der Waals surface area contributed by atoms with Crippen molar-refractivity contribution in [3.8, 4) is 0 Å². The van der Waals surface area contributed by atoms with Gasteiger partial charge in [-0.2, -0.15) is 0 Å². The van der Waals surface area contributed by atoms with E-state index < -0.39 is 12.2 Å². The molecule has 0 aromatic carbocycles. The summed E-state index contributed by atoms with van der Waals surface area (Å²) in [7, 11) is 2.89. The zero-order valence-corrected chi connectivity index (χ0v) is 22.1. The highest BCUT2D eigenvalue weighted by atomic mass is 16.6. The van der Waals surface area contributed by atoms with Gasteiger partial charge in [-0.1, -0.05) is 0 Å². The van der Waals surface area contributed by atoms with Crippen molar-refractivity contribution in [2.75, 3.05) is 92.2 Å². The van der Waals surface area contributed by atoms with Crippen LogP contribution in [0.1, 0.15) is 19.3 Å². The number of hydrogen-bond donors (Lipinski definition) is 4. The molecule has 0 spiro atoms. The number of unbranched alkanes of at least 4 members (excludes halogenated alkanes) is 2. The van der Waals surface area contributed by atoms with Crippen LogP contribution in [0.3, 0.4) is 0 Å². The molecule has 212 valence electrons. The van der Waals surface area contributed by atoms with E-state index in [0.29, 0.717) is 91.9 Å². The van der Waals surface area contributed by atoms with Crippen molar-refractivity contribution in [1.29, 1.82) is 0 Å². The lowest BCUT2D eigenvalue weighted by Gasteiger charge is -2.09. The summed E-state index contributed by atoms with van der Waals surface area (Å²) in [4.78, 5) is 44.5. The summed E-state index contributed by atoms with van der Waals surface area (Å²) in [6, 6.07) is 0. The molecule has 0 aliphatic rings. The maximum atomic E-state index is 11.6. The average molecular weight is 532 g/mol. The summed E-state index contributed by atoms with van der Waals surface area (Å²) in [5.74, 6) is -0.190. The molecule has 0 atom stereocenters. The largest absolute Gasteiger partial charge is 0.450 e. The van der Waals surface area contributed by atoms with Crippen LogP contribution in [0.25, 0.3) is 0 Å². The van der Waals surface area contributed by atoms with Gasteiger partial charge in [0, 0.05) is 26.2 Å². The zero-order valence-electron chi connectivity index (χ0n) is 22.1. The third-order valence-electron chi connectivity index (χ3n) is 4.27. The molecule has 0 aromatic heterocycles. The highest BCUT2D eigenvalue weighted by Gasteiger charge is 2.03. The van der Waals surface area contributed by atoms with E-state index in [0.717, 1.165) is 6.42 Å². The second kappa shape index (κ2) is 26.5. The maximum absolute atomic E-state index is 11.6. The Kier molecular flexibility index (Phi) is 24.7. The minimum atomic E-state index is -0.510. The Labute approximate surface area is 220 Å². The molecule has 0 aromatic rings. The number of nitrogens with one attached hydrogen (secondary N) is 4. The lowest BCUT2D eigenvalue weighted by atomic mass is 10.1. The quantitative estimate of drug-likeness (QED) is 0.0835. The van der Waals surface area contributed by atoms with Gasteiger partial charge in [0.1, 0.15) is 0 Å². The van der Waals surface area contributed by atoms with E-state index in [4.69, 9.17) is 28.4 Å². The number of rotatable bonds is 24. The SMILES string of the molecule is BC(=O)NCCOCCOCCNC(=O)OCCCCCOC(=O)NCCOCCOCCNC(B)=O. The minimum Gasteiger partial charge on any atom is -0.450 e. The predicted molar refractivity (Wildman–Crippen MR) is 140 cm³/mol. The molecule has 0 saturated carbocycles. The number of alkyl carbamates (subject to hydrolysis) is 2. The van der Waals surface area contributed by atoms with Gasteiger partial charge in [0.25, 0.3) is 0 Å². The fourth-order valence-electron chi connectivity index (χ4n) is 2.51. The summed E-state index contributed by atoms with van der Waals surface area (Å²) >= 11 is 0. The molecule has 14 nitrogen and oxygen atoms in total. The van der Waals surface area contributed by atoms with Crippen LogP contribution in [-0.4, -0.2) is 132 Å². The van der Waals surface area contributed by atoms with Crippen molar-refractivity contribution < 1.29 is 47.6 Å². The number of carbonyl (C=O) groups excluding carboxylic acids is 4. The molecule has 0 radical (unpaired) electrons. The van der Waals surface area contributed by atoms with Crippen molar-refractivity contribution in [2.45, 2.75) is 19.3 Å². The van der Waals surface area contributed by atoms with Gasteiger partial charge < -0.3 is 49.7 Å².